The van der Waals surface area contributed by atoms with Crippen molar-refractivity contribution in [2.45, 2.75) is 37.3 Å². The van der Waals surface area contributed by atoms with E-state index in [0.717, 1.165) is 41.4 Å². The molecule has 3 fully saturated rings. The first-order valence-electron chi connectivity index (χ1n) is 9.88. The summed E-state index contributed by atoms with van der Waals surface area (Å²) in [7, 11) is 0. The van der Waals surface area contributed by atoms with Gasteiger partial charge in [-0.1, -0.05) is 23.2 Å². The Morgan fingerprint density at radius 2 is 1.90 bits per heavy atom. The van der Waals surface area contributed by atoms with E-state index in [1.807, 2.05) is 37.3 Å². The number of hydrogen-bond donors (Lipinski definition) is 2. The van der Waals surface area contributed by atoms with E-state index in [0.29, 0.717) is 15.8 Å². The molecule has 2 aromatic carbocycles. The monoisotopic (exact) mass is 441 g/mol. The third-order valence-electron chi connectivity index (χ3n) is 6.04. The van der Waals surface area contributed by atoms with Gasteiger partial charge in [-0.15, -0.1) is 0 Å². The van der Waals surface area contributed by atoms with Crippen LogP contribution in [-0.4, -0.2) is 28.6 Å². The fourth-order valence-electron chi connectivity index (χ4n) is 4.76. The molecule has 0 unspecified atom stereocenters. The highest BCUT2D eigenvalue weighted by molar-refractivity contribution is 6.31. The van der Waals surface area contributed by atoms with Gasteiger partial charge in [0, 0.05) is 38.4 Å². The average molecular weight is 442 g/mol. The van der Waals surface area contributed by atoms with Gasteiger partial charge < -0.3 is 15.4 Å². The summed E-state index contributed by atoms with van der Waals surface area (Å²) in [5.41, 5.74) is 2.77. The van der Waals surface area contributed by atoms with Crippen molar-refractivity contribution < 1.29 is 9.53 Å². The van der Waals surface area contributed by atoms with E-state index >= 15 is 0 Å². The van der Waals surface area contributed by atoms with Crippen molar-refractivity contribution in [2.75, 3.05) is 11.9 Å². The largest absolute Gasteiger partial charge is 0.484 e. The molecule has 3 aliphatic rings. The summed E-state index contributed by atoms with van der Waals surface area (Å²) in [6, 6.07) is 13.1. The van der Waals surface area contributed by atoms with Crippen molar-refractivity contribution in [1.82, 2.24) is 10.3 Å². The van der Waals surface area contributed by atoms with Crippen LogP contribution >= 0.6 is 23.2 Å². The lowest BCUT2D eigenvalue weighted by Gasteiger charge is -2.70. The molecule has 5 nitrogen and oxygen atoms in total. The van der Waals surface area contributed by atoms with Gasteiger partial charge in [-0.25, -0.2) is 0 Å². The van der Waals surface area contributed by atoms with Crippen molar-refractivity contribution >= 4 is 45.7 Å². The molecule has 0 spiro atoms. The summed E-state index contributed by atoms with van der Waals surface area (Å²) in [6.07, 6.45) is 4.51. The Morgan fingerprint density at radius 3 is 2.67 bits per heavy atom. The smallest absolute Gasteiger partial charge is 0.258 e. The van der Waals surface area contributed by atoms with E-state index in [2.05, 4.69) is 15.6 Å². The maximum Gasteiger partial charge on any atom is 0.258 e. The van der Waals surface area contributed by atoms with Crippen LogP contribution in [0.2, 0.25) is 10.0 Å². The first-order chi connectivity index (χ1) is 14.4. The van der Waals surface area contributed by atoms with Crippen molar-refractivity contribution in [2.24, 2.45) is 0 Å². The number of benzene rings is 2. The van der Waals surface area contributed by atoms with Gasteiger partial charge in [0.25, 0.3) is 5.91 Å². The van der Waals surface area contributed by atoms with Crippen LogP contribution in [0, 0.1) is 6.92 Å². The first-order valence-corrected chi connectivity index (χ1v) is 10.6. The number of carbonyl (C=O) groups excluding carboxylic acids is 1. The SMILES string of the molecule is Cc1cc(OCC(=O)NC23CC(Nc4ccnc5cc(Cl)ccc45)(C2)C3)ccc1Cl. The zero-order chi connectivity index (χ0) is 20.9. The van der Waals surface area contributed by atoms with E-state index < -0.39 is 0 Å². The predicted octanol–water partition coefficient (Wildman–Crippen LogP) is 5.13. The molecule has 7 heteroatoms. The maximum atomic E-state index is 12.4. The van der Waals surface area contributed by atoms with E-state index in [1.165, 1.54) is 0 Å². The van der Waals surface area contributed by atoms with E-state index in [1.54, 1.807) is 18.3 Å². The quantitative estimate of drug-likeness (QED) is 0.556. The van der Waals surface area contributed by atoms with Gasteiger partial charge in [0.05, 0.1) is 5.52 Å². The fourth-order valence-corrected chi connectivity index (χ4v) is 5.04. The standard InChI is InChI=1S/C23H21Cl2N3O2/c1-14-8-16(3-5-18(14)25)30-10-21(29)28-23-11-22(12-23,13-23)27-19-6-7-26-20-9-15(24)2-4-17(19)20/h2-9H,10-13H2,1H3,(H,26,27)(H,28,29). The van der Waals surface area contributed by atoms with Crippen LogP contribution in [0.5, 0.6) is 5.75 Å². The molecule has 0 radical (unpaired) electrons. The Balaban J connectivity index is 1.16. The minimum atomic E-state index is -0.116. The zero-order valence-corrected chi connectivity index (χ0v) is 18.0. The van der Waals surface area contributed by atoms with Crippen LogP contribution in [0.3, 0.4) is 0 Å². The van der Waals surface area contributed by atoms with Gasteiger partial charge in [-0.3, -0.25) is 9.78 Å². The summed E-state index contributed by atoms with van der Waals surface area (Å²) in [5, 5.41) is 9.24. The number of rotatable bonds is 6. The molecule has 1 heterocycles. The number of halogens is 2. The Bertz CT molecular complexity index is 1140. The highest BCUT2D eigenvalue weighted by atomic mass is 35.5. The number of carbonyl (C=O) groups is 1. The molecular formula is C23H21Cl2N3O2. The number of aryl methyl sites for hydroxylation is 1. The van der Waals surface area contributed by atoms with E-state index in [-0.39, 0.29) is 23.6 Å². The van der Waals surface area contributed by atoms with Gasteiger partial charge in [-0.05, 0) is 74.2 Å². The second-order valence-corrected chi connectivity index (χ2v) is 9.33. The highest BCUT2D eigenvalue weighted by Gasteiger charge is 2.68. The summed E-state index contributed by atoms with van der Waals surface area (Å²) >= 11 is 12.1. The highest BCUT2D eigenvalue weighted by Crippen LogP contribution is 2.62. The molecule has 2 N–H and O–H groups in total. The van der Waals surface area contributed by atoms with Crippen molar-refractivity contribution in [3.05, 3.63) is 64.3 Å². The number of nitrogens with one attached hydrogen (secondary N) is 2. The molecule has 3 saturated carbocycles. The third-order valence-corrected chi connectivity index (χ3v) is 6.70. The molecule has 30 heavy (non-hydrogen) atoms. The van der Waals surface area contributed by atoms with E-state index in [9.17, 15) is 4.79 Å². The third kappa shape index (κ3) is 3.46. The predicted molar refractivity (Wildman–Crippen MR) is 120 cm³/mol. The summed E-state index contributed by atoms with van der Waals surface area (Å²) in [4.78, 5) is 16.8. The number of fused-ring (bicyclic) bond motifs is 1. The second-order valence-electron chi connectivity index (χ2n) is 8.48. The van der Waals surface area contributed by atoms with Crippen molar-refractivity contribution in [3.8, 4) is 5.75 Å². The van der Waals surface area contributed by atoms with Gasteiger partial charge in [0.1, 0.15) is 5.75 Å². The molecule has 1 amide bonds. The number of aromatic nitrogens is 1. The second kappa shape index (κ2) is 7.03. The molecule has 1 aromatic heterocycles. The van der Waals surface area contributed by atoms with Crippen LogP contribution in [0.15, 0.2) is 48.7 Å². The minimum Gasteiger partial charge on any atom is -0.484 e. The van der Waals surface area contributed by atoms with Gasteiger partial charge in [0.2, 0.25) is 0 Å². The molecule has 3 aromatic rings. The lowest BCUT2D eigenvalue weighted by Crippen LogP contribution is -2.81. The van der Waals surface area contributed by atoms with Crippen LogP contribution in [0.25, 0.3) is 10.9 Å². The number of amides is 1. The topological polar surface area (TPSA) is 63.2 Å². The Kier molecular flexibility index (Phi) is 4.56. The lowest BCUT2D eigenvalue weighted by molar-refractivity contribution is -0.135. The Labute approximate surface area is 184 Å². The van der Waals surface area contributed by atoms with Crippen molar-refractivity contribution in [3.63, 3.8) is 0 Å². The summed E-state index contributed by atoms with van der Waals surface area (Å²) in [5.74, 6) is 0.548. The summed E-state index contributed by atoms with van der Waals surface area (Å²) < 4.78 is 5.61. The fraction of sp³-hybridized carbons (Fsp3) is 0.304. The van der Waals surface area contributed by atoms with Crippen LogP contribution in [0.4, 0.5) is 5.69 Å². The summed E-state index contributed by atoms with van der Waals surface area (Å²) in [6.45, 7) is 1.91. The number of anilines is 1. The zero-order valence-electron chi connectivity index (χ0n) is 16.5. The number of ether oxygens (including phenoxy) is 1. The molecule has 0 aliphatic heterocycles. The molecule has 2 bridgehead atoms. The number of hydrogen-bond acceptors (Lipinski definition) is 4. The maximum absolute atomic E-state index is 12.4. The molecule has 6 rings (SSSR count). The first kappa shape index (κ1) is 19.5. The van der Waals surface area contributed by atoms with Gasteiger partial charge >= 0.3 is 0 Å². The Hall–Kier alpha value is -2.50. The lowest BCUT2D eigenvalue weighted by atomic mass is 9.44. The van der Waals surface area contributed by atoms with Gasteiger partial charge in [0.15, 0.2) is 6.61 Å². The molecule has 0 saturated heterocycles. The minimum absolute atomic E-state index is 0.000990. The average Bonchev–Trinajstić information content (AvgIpc) is 2.66. The van der Waals surface area contributed by atoms with Crippen molar-refractivity contribution in [1.29, 1.82) is 0 Å². The molecule has 3 aliphatic carbocycles. The van der Waals surface area contributed by atoms with Crippen LogP contribution < -0.4 is 15.4 Å². The normalized spacial score (nSPS) is 24.0. The molecule has 154 valence electrons. The van der Waals surface area contributed by atoms with E-state index in [4.69, 9.17) is 27.9 Å². The number of nitrogens with zero attached hydrogens (tertiary/aromatic N) is 1. The Morgan fingerprint density at radius 1 is 1.10 bits per heavy atom. The van der Waals surface area contributed by atoms with Crippen LogP contribution in [-0.2, 0) is 4.79 Å². The molecule has 0 atom stereocenters. The number of pyridine rings is 1. The van der Waals surface area contributed by atoms with Crippen LogP contribution in [0.1, 0.15) is 24.8 Å². The van der Waals surface area contributed by atoms with Gasteiger partial charge in [-0.2, -0.15) is 0 Å². The molecular weight excluding hydrogens is 421 g/mol.